The van der Waals surface area contributed by atoms with Crippen LogP contribution >= 0.6 is 0 Å². The fraction of sp³-hybridized carbons (Fsp3) is 0.462. The molecular formula is C13H19FN2O. The van der Waals surface area contributed by atoms with E-state index >= 15 is 0 Å². The number of carbonyl (C=O) groups is 1. The van der Waals surface area contributed by atoms with E-state index in [9.17, 15) is 9.18 Å². The maximum Gasteiger partial charge on any atom is 0.232 e. The first kappa shape index (κ1) is 13.6. The molecule has 0 aliphatic rings. The number of carbonyl (C=O) groups excluding carboxylic acids is 1. The van der Waals surface area contributed by atoms with Gasteiger partial charge in [0.25, 0.3) is 0 Å². The van der Waals surface area contributed by atoms with E-state index in [0.717, 1.165) is 0 Å². The van der Waals surface area contributed by atoms with Crippen LogP contribution in [0.25, 0.3) is 0 Å². The molecule has 0 unspecified atom stereocenters. The Kier molecular flexibility index (Phi) is 4.23. The van der Waals surface area contributed by atoms with E-state index in [4.69, 9.17) is 5.73 Å². The van der Waals surface area contributed by atoms with E-state index in [1.807, 2.05) is 0 Å². The standard InChI is InChI=1S/C13H19FN2O/c1-13(2,3)12(17)16(9-8-15)11-7-5-4-6-10(11)14/h4-7H,8-9,15H2,1-3H3. The Morgan fingerprint density at radius 2 is 1.94 bits per heavy atom. The summed E-state index contributed by atoms with van der Waals surface area (Å²) in [5, 5.41) is 0. The third-order valence-electron chi connectivity index (χ3n) is 2.38. The first-order valence-corrected chi connectivity index (χ1v) is 5.64. The highest BCUT2D eigenvalue weighted by molar-refractivity contribution is 5.97. The Bertz CT molecular complexity index is 399. The average Bonchev–Trinajstić information content (AvgIpc) is 2.25. The lowest BCUT2D eigenvalue weighted by Gasteiger charge is -2.29. The Morgan fingerprint density at radius 1 is 1.35 bits per heavy atom. The largest absolute Gasteiger partial charge is 0.329 e. The number of hydrogen-bond donors (Lipinski definition) is 1. The number of hydrogen-bond acceptors (Lipinski definition) is 2. The topological polar surface area (TPSA) is 46.3 Å². The molecule has 0 atom stereocenters. The molecule has 1 rings (SSSR count). The van der Waals surface area contributed by atoms with Gasteiger partial charge in [-0.1, -0.05) is 32.9 Å². The van der Waals surface area contributed by atoms with Crippen molar-refractivity contribution in [2.75, 3.05) is 18.0 Å². The number of nitrogens with zero attached hydrogens (tertiary/aromatic N) is 1. The maximum absolute atomic E-state index is 13.7. The molecule has 0 fully saturated rings. The Morgan fingerprint density at radius 3 is 2.41 bits per heavy atom. The summed E-state index contributed by atoms with van der Waals surface area (Å²) in [5.41, 5.74) is 5.21. The lowest BCUT2D eigenvalue weighted by atomic mass is 9.94. The van der Waals surface area contributed by atoms with Crippen LogP contribution in [0.2, 0.25) is 0 Å². The van der Waals surface area contributed by atoms with Crippen molar-refractivity contribution in [3.05, 3.63) is 30.1 Å². The molecule has 1 aromatic carbocycles. The summed E-state index contributed by atoms with van der Waals surface area (Å²) < 4.78 is 13.7. The predicted molar refractivity (Wildman–Crippen MR) is 67.3 cm³/mol. The highest BCUT2D eigenvalue weighted by Gasteiger charge is 2.28. The van der Waals surface area contributed by atoms with Crippen LogP contribution in [-0.2, 0) is 4.79 Å². The number of halogens is 1. The fourth-order valence-electron chi connectivity index (χ4n) is 1.54. The fourth-order valence-corrected chi connectivity index (χ4v) is 1.54. The first-order valence-electron chi connectivity index (χ1n) is 5.64. The number of rotatable bonds is 3. The summed E-state index contributed by atoms with van der Waals surface area (Å²) in [5.74, 6) is -0.536. The Hall–Kier alpha value is -1.42. The molecule has 1 aromatic rings. The molecule has 2 N–H and O–H groups in total. The zero-order valence-corrected chi connectivity index (χ0v) is 10.5. The third-order valence-corrected chi connectivity index (χ3v) is 2.38. The highest BCUT2D eigenvalue weighted by Crippen LogP contribution is 2.25. The van der Waals surface area contributed by atoms with Crippen LogP contribution in [0.5, 0.6) is 0 Å². The van der Waals surface area contributed by atoms with Gasteiger partial charge >= 0.3 is 0 Å². The van der Waals surface area contributed by atoms with E-state index in [2.05, 4.69) is 0 Å². The molecule has 17 heavy (non-hydrogen) atoms. The van der Waals surface area contributed by atoms with E-state index < -0.39 is 11.2 Å². The van der Waals surface area contributed by atoms with Crippen LogP contribution < -0.4 is 10.6 Å². The molecule has 0 aliphatic carbocycles. The van der Waals surface area contributed by atoms with Crippen molar-refractivity contribution in [2.24, 2.45) is 11.1 Å². The quantitative estimate of drug-likeness (QED) is 0.877. The minimum atomic E-state index is -0.558. The van der Waals surface area contributed by atoms with Crippen molar-refractivity contribution in [3.8, 4) is 0 Å². The van der Waals surface area contributed by atoms with Crippen molar-refractivity contribution >= 4 is 11.6 Å². The van der Waals surface area contributed by atoms with Gasteiger partial charge in [0, 0.05) is 18.5 Å². The monoisotopic (exact) mass is 238 g/mol. The number of amides is 1. The van der Waals surface area contributed by atoms with E-state index in [-0.39, 0.29) is 11.6 Å². The van der Waals surface area contributed by atoms with Gasteiger partial charge in [0.05, 0.1) is 5.69 Å². The molecule has 0 heterocycles. The van der Waals surface area contributed by atoms with Gasteiger partial charge in [-0.3, -0.25) is 4.79 Å². The van der Waals surface area contributed by atoms with Crippen LogP contribution in [0.15, 0.2) is 24.3 Å². The zero-order valence-electron chi connectivity index (χ0n) is 10.5. The molecule has 1 amide bonds. The summed E-state index contributed by atoms with van der Waals surface area (Å²) in [6.45, 7) is 6.03. The molecule has 0 saturated heterocycles. The smallest absolute Gasteiger partial charge is 0.232 e. The van der Waals surface area contributed by atoms with Gasteiger partial charge in [0.2, 0.25) is 5.91 Å². The van der Waals surface area contributed by atoms with Crippen LogP contribution in [-0.4, -0.2) is 19.0 Å². The average molecular weight is 238 g/mol. The third kappa shape index (κ3) is 3.27. The molecule has 94 valence electrons. The van der Waals surface area contributed by atoms with Crippen LogP contribution in [0, 0.1) is 11.2 Å². The summed E-state index contributed by atoms with van der Waals surface area (Å²) in [7, 11) is 0. The van der Waals surface area contributed by atoms with Crippen molar-refractivity contribution in [2.45, 2.75) is 20.8 Å². The lowest BCUT2D eigenvalue weighted by Crippen LogP contribution is -2.42. The first-order chi connectivity index (χ1) is 7.88. The van der Waals surface area contributed by atoms with Gasteiger partial charge in [0.15, 0.2) is 0 Å². The minimum Gasteiger partial charge on any atom is -0.329 e. The Labute approximate surface area is 101 Å². The van der Waals surface area contributed by atoms with Gasteiger partial charge in [-0.05, 0) is 12.1 Å². The lowest BCUT2D eigenvalue weighted by molar-refractivity contribution is -0.125. The SMILES string of the molecule is CC(C)(C)C(=O)N(CCN)c1ccccc1F. The van der Waals surface area contributed by atoms with E-state index in [1.165, 1.54) is 11.0 Å². The summed E-state index contributed by atoms with van der Waals surface area (Å²) in [6, 6.07) is 6.24. The molecule has 0 saturated carbocycles. The summed E-state index contributed by atoms with van der Waals surface area (Å²) in [6.07, 6.45) is 0. The number of para-hydroxylation sites is 1. The molecule has 0 spiro atoms. The second-order valence-corrected chi connectivity index (χ2v) is 4.95. The van der Waals surface area contributed by atoms with Gasteiger partial charge in [0.1, 0.15) is 5.82 Å². The van der Waals surface area contributed by atoms with Crippen molar-refractivity contribution in [3.63, 3.8) is 0 Å². The van der Waals surface area contributed by atoms with E-state index in [0.29, 0.717) is 13.1 Å². The molecule has 0 aromatic heterocycles. The number of nitrogens with two attached hydrogens (primary N) is 1. The zero-order chi connectivity index (χ0) is 13.1. The molecule has 0 radical (unpaired) electrons. The van der Waals surface area contributed by atoms with Gasteiger partial charge in [-0.15, -0.1) is 0 Å². The molecular weight excluding hydrogens is 219 g/mol. The predicted octanol–water partition coefficient (Wildman–Crippen LogP) is 2.16. The molecule has 4 heteroatoms. The number of anilines is 1. The summed E-state index contributed by atoms with van der Waals surface area (Å²) in [4.78, 5) is 13.6. The second-order valence-electron chi connectivity index (χ2n) is 4.95. The molecule has 3 nitrogen and oxygen atoms in total. The summed E-state index contributed by atoms with van der Waals surface area (Å²) >= 11 is 0. The normalized spacial score (nSPS) is 11.4. The second kappa shape index (κ2) is 5.27. The van der Waals surface area contributed by atoms with Crippen LogP contribution in [0.1, 0.15) is 20.8 Å². The highest BCUT2D eigenvalue weighted by atomic mass is 19.1. The number of benzene rings is 1. The van der Waals surface area contributed by atoms with Crippen molar-refractivity contribution < 1.29 is 9.18 Å². The minimum absolute atomic E-state index is 0.131. The van der Waals surface area contributed by atoms with Crippen molar-refractivity contribution in [1.29, 1.82) is 0 Å². The van der Waals surface area contributed by atoms with E-state index in [1.54, 1.807) is 39.0 Å². The Balaban J connectivity index is 3.10. The van der Waals surface area contributed by atoms with Crippen LogP contribution in [0.4, 0.5) is 10.1 Å². The van der Waals surface area contributed by atoms with Crippen molar-refractivity contribution in [1.82, 2.24) is 0 Å². The maximum atomic E-state index is 13.7. The van der Waals surface area contributed by atoms with Gasteiger partial charge < -0.3 is 10.6 Å². The van der Waals surface area contributed by atoms with Gasteiger partial charge in [-0.25, -0.2) is 4.39 Å². The molecule has 0 aliphatic heterocycles. The van der Waals surface area contributed by atoms with Gasteiger partial charge in [-0.2, -0.15) is 0 Å². The van der Waals surface area contributed by atoms with Crippen LogP contribution in [0.3, 0.4) is 0 Å². The molecule has 0 bridgehead atoms.